The van der Waals surface area contributed by atoms with Crippen molar-refractivity contribution in [3.05, 3.63) is 65.7 Å². The maximum atomic E-state index is 12.2. The van der Waals surface area contributed by atoms with Gasteiger partial charge in [-0.1, -0.05) is 47.1 Å². The van der Waals surface area contributed by atoms with Crippen molar-refractivity contribution in [2.45, 2.75) is 11.8 Å². The molecule has 0 unspecified atom stereocenters. The second kappa shape index (κ2) is 8.27. The zero-order valence-electron chi connectivity index (χ0n) is 15.7. The second-order valence-corrected chi connectivity index (χ2v) is 8.32. The van der Waals surface area contributed by atoms with Gasteiger partial charge in [0, 0.05) is 17.9 Å². The highest BCUT2D eigenvalue weighted by Gasteiger charge is 2.20. The van der Waals surface area contributed by atoms with Gasteiger partial charge in [0.15, 0.2) is 16.4 Å². The number of aryl methyl sites for hydroxylation is 1. The van der Waals surface area contributed by atoms with E-state index in [1.165, 1.54) is 24.3 Å². The number of nitrogens with one attached hydrogen (secondary N) is 1. The van der Waals surface area contributed by atoms with Crippen LogP contribution in [0.3, 0.4) is 0 Å². The predicted octanol–water partition coefficient (Wildman–Crippen LogP) is 2.85. The highest BCUT2D eigenvalue weighted by Crippen LogP contribution is 2.22. The van der Waals surface area contributed by atoms with Gasteiger partial charge in [-0.25, -0.2) is 13.2 Å². The van der Waals surface area contributed by atoms with Gasteiger partial charge in [0.25, 0.3) is 5.91 Å². The van der Waals surface area contributed by atoms with Crippen molar-refractivity contribution in [1.29, 1.82) is 0 Å². The fourth-order valence-corrected chi connectivity index (χ4v) is 3.41. The van der Waals surface area contributed by atoms with Crippen LogP contribution in [0.1, 0.15) is 15.9 Å². The molecule has 0 saturated heterocycles. The van der Waals surface area contributed by atoms with Crippen molar-refractivity contribution in [3.63, 3.8) is 0 Å². The number of hydrogen-bond donors (Lipinski definition) is 1. The topological polar surface area (TPSA) is 116 Å². The van der Waals surface area contributed by atoms with E-state index in [0.717, 1.165) is 17.4 Å². The van der Waals surface area contributed by atoms with E-state index < -0.39 is 28.3 Å². The first-order valence-corrected chi connectivity index (χ1v) is 10.4. The van der Waals surface area contributed by atoms with Crippen LogP contribution in [0.2, 0.25) is 0 Å². The van der Waals surface area contributed by atoms with E-state index in [-0.39, 0.29) is 16.3 Å². The Labute approximate surface area is 167 Å². The molecule has 0 fully saturated rings. The van der Waals surface area contributed by atoms with Crippen LogP contribution >= 0.6 is 0 Å². The van der Waals surface area contributed by atoms with Crippen molar-refractivity contribution >= 4 is 27.6 Å². The Morgan fingerprint density at radius 3 is 2.48 bits per heavy atom. The van der Waals surface area contributed by atoms with Crippen LogP contribution < -0.4 is 5.32 Å². The molecule has 0 aliphatic carbocycles. The SMILES string of the molecule is Cc1ccc(-c2cc(NC(=O)COC(=O)c3ccccc3S(C)(=O)=O)on2)cc1. The second-order valence-electron chi connectivity index (χ2n) is 6.34. The summed E-state index contributed by atoms with van der Waals surface area (Å²) in [5.74, 6) is -1.47. The molecule has 3 rings (SSSR count). The zero-order valence-corrected chi connectivity index (χ0v) is 16.5. The number of rotatable bonds is 6. The standard InChI is InChI=1S/C20H18N2O6S/c1-13-7-9-14(10-8-13)16-11-19(28-22-16)21-18(23)12-27-20(24)15-5-3-4-6-17(15)29(2,25)26/h3-11H,12H2,1-2H3,(H,21,23). The molecule has 0 spiro atoms. The van der Waals surface area contributed by atoms with Crippen molar-refractivity contribution in [3.8, 4) is 11.3 Å². The van der Waals surface area contributed by atoms with Crippen molar-refractivity contribution < 1.29 is 27.3 Å². The minimum absolute atomic E-state index is 0.0955. The summed E-state index contributed by atoms with van der Waals surface area (Å²) >= 11 is 0. The summed E-state index contributed by atoms with van der Waals surface area (Å²) in [7, 11) is -3.62. The molecule has 0 radical (unpaired) electrons. The minimum atomic E-state index is -3.62. The monoisotopic (exact) mass is 414 g/mol. The number of ether oxygens (including phenoxy) is 1. The van der Waals surface area contributed by atoms with Crippen LogP contribution in [-0.2, 0) is 19.4 Å². The Kier molecular flexibility index (Phi) is 5.79. The van der Waals surface area contributed by atoms with Crippen molar-refractivity contribution in [2.75, 3.05) is 18.2 Å². The van der Waals surface area contributed by atoms with E-state index in [2.05, 4.69) is 10.5 Å². The number of benzene rings is 2. The summed E-state index contributed by atoms with van der Waals surface area (Å²) in [4.78, 5) is 24.0. The minimum Gasteiger partial charge on any atom is -0.452 e. The first kappa shape index (κ1) is 20.3. The number of aromatic nitrogens is 1. The molecule has 2 aromatic carbocycles. The van der Waals surface area contributed by atoms with E-state index in [9.17, 15) is 18.0 Å². The number of hydrogen-bond acceptors (Lipinski definition) is 7. The first-order chi connectivity index (χ1) is 13.7. The molecule has 3 aromatic rings. The largest absolute Gasteiger partial charge is 0.452 e. The summed E-state index contributed by atoms with van der Waals surface area (Å²) < 4.78 is 33.5. The van der Waals surface area contributed by atoms with Gasteiger partial charge in [0.2, 0.25) is 5.88 Å². The molecular weight excluding hydrogens is 396 g/mol. The molecule has 0 atom stereocenters. The maximum Gasteiger partial charge on any atom is 0.339 e. The van der Waals surface area contributed by atoms with Crippen LogP contribution in [0.15, 0.2) is 64.0 Å². The van der Waals surface area contributed by atoms with Gasteiger partial charge in [-0.3, -0.25) is 10.1 Å². The summed E-state index contributed by atoms with van der Waals surface area (Å²) in [6.45, 7) is 1.35. The molecule has 1 N–H and O–H groups in total. The molecule has 8 nitrogen and oxygen atoms in total. The average Bonchev–Trinajstić information content (AvgIpc) is 3.14. The molecule has 0 bridgehead atoms. The van der Waals surface area contributed by atoms with Gasteiger partial charge in [0.1, 0.15) is 5.69 Å². The highest BCUT2D eigenvalue weighted by molar-refractivity contribution is 7.90. The fourth-order valence-electron chi connectivity index (χ4n) is 2.54. The number of anilines is 1. The molecular formula is C20H18N2O6S. The molecule has 0 aliphatic heterocycles. The number of sulfone groups is 1. The van der Waals surface area contributed by atoms with Gasteiger partial charge in [-0.05, 0) is 19.1 Å². The number of amides is 1. The highest BCUT2D eigenvalue weighted by atomic mass is 32.2. The smallest absolute Gasteiger partial charge is 0.339 e. The van der Waals surface area contributed by atoms with E-state index in [1.807, 2.05) is 31.2 Å². The average molecular weight is 414 g/mol. The van der Waals surface area contributed by atoms with E-state index in [4.69, 9.17) is 9.26 Å². The third-order valence-electron chi connectivity index (χ3n) is 3.96. The van der Waals surface area contributed by atoms with E-state index >= 15 is 0 Å². The normalized spacial score (nSPS) is 11.1. The number of carbonyl (C=O) groups excluding carboxylic acids is 2. The van der Waals surface area contributed by atoms with E-state index in [0.29, 0.717) is 5.69 Å². The van der Waals surface area contributed by atoms with Crippen LogP contribution in [0.25, 0.3) is 11.3 Å². The molecule has 1 aromatic heterocycles. The Balaban J connectivity index is 1.61. The van der Waals surface area contributed by atoms with Crippen LogP contribution in [0.5, 0.6) is 0 Å². The predicted molar refractivity (Wildman–Crippen MR) is 105 cm³/mol. The number of carbonyl (C=O) groups is 2. The van der Waals surface area contributed by atoms with Crippen LogP contribution in [0, 0.1) is 6.92 Å². The number of nitrogens with zero attached hydrogens (tertiary/aromatic N) is 1. The Hall–Kier alpha value is -3.46. The van der Waals surface area contributed by atoms with Gasteiger partial charge >= 0.3 is 5.97 Å². The van der Waals surface area contributed by atoms with Gasteiger partial charge in [-0.15, -0.1) is 0 Å². The van der Waals surface area contributed by atoms with Gasteiger partial charge in [0.05, 0.1) is 10.5 Å². The third-order valence-corrected chi connectivity index (χ3v) is 5.12. The first-order valence-electron chi connectivity index (χ1n) is 8.54. The summed E-state index contributed by atoms with van der Waals surface area (Å²) in [5, 5.41) is 6.32. The Bertz CT molecular complexity index is 1150. The Morgan fingerprint density at radius 2 is 1.79 bits per heavy atom. The molecule has 9 heteroatoms. The lowest BCUT2D eigenvalue weighted by molar-refractivity contribution is -0.119. The molecule has 1 heterocycles. The lowest BCUT2D eigenvalue weighted by Gasteiger charge is -2.08. The summed E-state index contributed by atoms with van der Waals surface area (Å²) in [6, 6.07) is 14.8. The van der Waals surface area contributed by atoms with Gasteiger partial charge in [-0.2, -0.15) is 0 Å². The summed E-state index contributed by atoms with van der Waals surface area (Å²) in [6.07, 6.45) is 0.987. The molecule has 0 saturated carbocycles. The summed E-state index contributed by atoms with van der Waals surface area (Å²) in [5.41, 5.74) is 2.33. The number of esters is 1. The molecule has 150 valence electrons. The van der Waals surface area contributed by atoms with Crippen molar-refractivity contribution in [2.24, 2.45) is 0 Å². The quantitative estimate of drug-likeness (QED) is 0.617. The molecule has 0 aliphatic rings. The maximum absolute atomic E-state index is 12.2. The zero-order chi connectivity index (χ0) is 21.0. The third kappa shape index (κ3) is 5.08. The van der Waals surface area contributed by atoms with Crippen LogP contribution in [0.4, 0.5) is 5.88 Å². The molecule has 29 heavy (non-hydrogen) atoms. The lowest BCUT2D eigenvalue weighted by atomic mass is 10.1. The fraction of sp³-hybridized carbons (Fsp3) is 0.150. The van der Waals surface area contributed by atoms with Crippen molar-refractivity contribution in [1.82, 2.24) is 5.16 Å². The van der Waals surface area contributed by atoms with Crippen LogP contribution in [-0.4, -0.2) is 38.3 Å². The molecule has 1 amide bonds. The Morgan fingerprint density at radius 1 is 1.10 bits per heavy atom. The van der Waals surface area contributed by atoms with Gasteiger partial charge < -0.3 is 9.26 Å². The lowest BCUT2D eigenvalue weighted by Crippen LogP contribution is -2.21. The van der Waals surface area contributed by atoms with E-state index in [1.54, 1.807) is 6.07 Å².